The van der Waals surface area contributed by atoms with Crippen molar-refractivity contribution in [3.8, 4) is 5.75 Å². The van der Waals surface area contributed by atoms with Crippen LogP contribution in [0.15, 0.2) is 64.6 Å². The van der Waals surface area contributed by atoms with E-state index >= 15 is 0 Å². The second-order valence-corrected chi connectivity index (χ2v) is 8.72. The molecule has 0 aliphatic carbocycles. The Balaban J connectivity index is 1.83. The van der Waals surface area contributed by atoms with Crippen LogP contribution >= 0.6 is 0 Å². The van der Waals surface area contributed by atoms with E-state index in [2.05, 4.69) is 15.2 Å². The highest BCUT2D eigenvalue weighted by Gasteiger charge is 2.27. The summed E-state index contributed by atoms with van der Waals surface area (Å²) in [5.41, 5.74) is 6.03. The van der Waals surface area contributed by atoms with Gasteiger partial charge < -0.3 is 25.7 Å². The lowest BCUT2D eigenvalue weighted by Crippen LogP contribution is -2.49. The van der Waals surface area contributed by atoms with Gasteiger partial charge in [-0.05, 0) is 49.7 Å². The highest BCUT2D eigenvalue weighted by Crippen LogP contribution is 2.13. The van der Waals surface area contributed by atoms with Crippen LogP contribution in [0.2, 0.25) is 0 Å². The number of hydrogen-bond acceptors (Lipinski definition) is 8. The number of carbonyl (C=O) groups excluding carboxylic acids is 2. The first-order valence-electron chi connectivity index (χ1n) is 10.5. The summed E-state index contributed by atoms with van der Waals surface area (Å²) in [4.78, 5) is 24.4. The molecule has 12 heteroatoms. The van der Waals surface area contributed by atoms with Gasteiger partial charge in [-0.1, -0.05) is 23.4 Å². The minimum Gasteiger partial charge on any atom is -0.494 e. The second-order valence-electron chi connectivity index (χ2n) is 7.00. The van der Waals surface area contributed by atoms with Crippen LogP contribution in [0.5, 0.6) is 5.75 Å². The average Bonchev–Trinajstić information content (AvgIpc) is 2.85. The van der Waals surface area contributed by atoms with Crippen LogP contribution in [0, 0.1) is 0 Å². The summed E-state index contributed by atoms with van der Waals surface area (Å²) in [6, 6.07) is 12.9. The van der Waals surface area contributed by atoms with Gasteiger partial charge in [0.1, 0.15) is 11.8 Å². The second kappa shape index (κ2) is 13.2. The number of rotatable bonds is 13. The smallest absolute Gasteiger partial charge is 0.326 e. The van der Waals surface area contributed by atoms with Gasteiger partial charge in [0.05, 0.1) is 18.1 Å². The molecular formula is C22H28N4O7S. The lowest BCUT2D eigenvalue weighted by Gasteiger charge is -2.18. The minimum atomic E-state index is -3.98. The van der Waals surface area contributed by atoms with Gasteiger partial charge in [-0.2, -0.15) is 4.72 Å². The zero-order valence-electron chi connectivity index (χ0n) is 18.6. The fourth-order valence-corrected chi connectivity index (χ4v) is 3.98. The number of hydrogen-bond donors (Lipinski definition) is 4. The van der Waals surface area contributed by atoms with Crippen LogP contribution in [0.4, 0.5) is 0 Å². The number of amides is 1. The molecule has 34 heavy (non-hydrogen) atoms. The molecule has 1 atom stereocenters. The third-order valence-corrected chi connectivity index (χ3v) is 5.99. The molecule has 5 N–H and O–H groups in total. The topological polar surface area (TPSA) is 169 Å². The predicted octanol–water partition coefficient (Wildman–Crippen LogP) is 0.967. The van der Waals surface area contributed by atoms with Crippen molar-refractivity contribution in [2.24, 2.45) is 10.9 Å². The molecular weight excluding hydrogens is 464 g/mol. The molecule has 2 aromatic carbocycles. The molecule has 0 aliphatic heterocycles. The van der Waals surface area contributed by atoms with E-state index in [-0.39, 0.29) is 42.8 Å². The van der Waals surface area contributed by atoms with E-state index in [0.29, 0.717) is 17.7 Å². The highest BCUT2D eigenvalue weighted by atomic mass is 32.2. The Morgan fingerprint density at radius 2 is 1.79 bits per heavy atom. The van der Waals surface area contributed by atoms with Gasteiger partial charge in [0, 0.05) is 18.5 Å². The summed E-state index contributed by atoms with van der Waals surface area (Å²) >= 11 is 0. The minimum absolute atomic E-state index is 0.00728. The maximum Gasteiger partial charge on any atom is 0.326 e. The van der Waals surface area contributed by atoms with Crippen molar-refractivity contribution in [2.45, 2.75) is 30.7 Å². The monoisotopic (exact) mass is 492 g/mol. The summed E-state index contributed by atoms with van der Waals surface area (Å²) in [7, 11) is -3.98. The number of nitrogens with zero attached hydrogens (tertiary/aromatic N) is 1. The molecule has 0 aromatic heterocycles. The largest absolute Gasteiger partial charge is 0.494 e. The third kappa shape index (κ3) is 8.37. The Bertz CT molecular complexity index is 1070. The first-order chi connectivity index (χ1) is 16.3. The molecule has 0 bridgehead atoms. The molecule has 184 valence electrons. The number of carbonyl (C=O) groups is 2. The molecule has 0 aliphatic rings. The van der Waals surface area contributed by atoms with Gasteiger partial charge in [0.2, 0.25) is 15.9 Å². The van der Waals surface area contributed by atoms with Gasteiger partial charge in [0.15, 0.2) is 5.84 Å². The summed E-state index contributed by atoms with van der Waals surface area (Å²) in [5, 5.41) is 14.1. The van der Waals surface area contributed by atoms with E-state index in [4.69, 9.17) is 20.4 Å². The normalized spacial score (nSPS) is 12.6. The van der Waals surface area contributed by atoms with Crippen LogP contribution in [0.3, 0.4) is 0 Å². The van der Waals surface area contributed by atoms with E-state index < -0.39 is 22.0 Å². The van der Waals surface area contributed by atoms with Gasteiger partial charge in [0.25, 0.3) is 0 Å². The Kier molecular flexibility index (Phi) is 10.3. The van der Waals surface area contributed by atoms with Crippen molar-refractivity contribution in [3.05, 3.63) is 60.2 Å². The lowest BCUT2D eigenvalue weighted by molar-refractivity contribution is -0.145. The van der Waals surface area contributed by atoms with Crippen molar-refractivity contribution in [1.29, 1.82) is 0 Å². The standard InChI is InChI=1S/C22H28N4O7S/c1-2-32-22(28)19(26-34(30,31)18-7-4-3-5-8-18)15-24-20(27)9-6-14-33-17-12-10-16(11-13-17)21(23)25-29/h3-5,7-8,10-13,19,26,29H,2,6,9,14-15H2,1H3,(H2,23,25)(H,24,27)/t19-/m0/s1. The first-order valence-corrected chi connectivity index (χ1v) is 12.0. The maximum atomic E-state index is 12.5. The number of oxime groups is 1. The van der Waals surface area contributed by atoms with Crippen LogP contribution in [-0.4, -0.2) is 57.1 Å². The Hall–Kier alpha value is -3.64. The van der Waals surface area contributed by atoms with Crippen molar-refractivity contribution < 1.29 is 32.7 Å². The quantitative estimate of drug-likeness (QED) is 0.0800. The van der Waals surface area contributed by atoms with E-state index in [1.54, 1.807) is 49.4 Å². The fraction of sp³-hybridized carbons (Fsp3) is 0.318. The average molecular weight is 493 g/mol. The number of benzene rings is 2. The predicted molar refractivity (Wildman–Crippen MR) is 124 cm³/mol. The van der Waals surface area contributed by atoms with Gasteiger partial charge in [-0.15, -0.1) is 0 Å². The lowest BCUT2D eigenvalue weighted by atomic mass is 10.2. The number of nitrogens with two attached hydrogens (primary N) is 1. The van der Waals surface area contributed by atoms with Crippen molar-refractivity contribution >= 4 is 27.7 Å². The molecule has 0 spiro atoms. The fourth-order valence-electron chi connectivity index (χ4n) is 2.78. The van der Waals surface area contributed by atoms with Crippen molar-refractivity contribution in [3.63, 3.8) is 0 Å². The van der Waals surface area contributed by atoms with E-state index in [1.165, 1.54) is 12.1 Å². The summed E-state index contributed by atoms with van der Waals surface area (Å²) < 4.78 is 37.8. The van der Waals surface area contributed by atoms with Crippen LogP contribution in [0.1, 0.15) is 25.3 Å². The molecule has 11 nitrogen and oxygen atoms in total. The number of nitrogens with one attached hydrogen (secondary N) is 2. The van der Waals surface area contributed by atoms with Crippen LogP contribution < -0.4 is 20.5 Å². The molecule has 2 aromatic rings. The molecule has 2 rings (SSSR count). The molecule has 0 fully saturated rings. The molecule has 1 amide bonds. The number of amidine groups is 1. The first kappa shape index (κ1) is 26.6. The zero-order valence-corrected chi connectivity index (χ0v) is 19.5. The molecule has 0 unspecified atom stereocenters. The molecule has 0 saturated heterocycles. The van der Waals surface area contributed by atoms with Crippen LogP contribution in [-0.2, 0) is 24.3 Å². The van der Waals surface area contributed by atoms with Gasteiger partial charge in [-0.25, -0.2) is 8.42 Å². The van der Waals surface area contributed by atoms with Crippen molar-refractivity contribution in [2.75, 3.05) is 19.8 Å². The SMILES string of the molecule is CCOC(=O)[C@H](CNC(=O)CCCOc1ccc(C(N)=NO)cc1)NS(=O)(=O)c1ccccc1. The summed E-state index contributed by atoms with van der Waals surface area (Å²) in [5.74, 6) is -0.636. The van der Waals surface area contributed by atoms with Crippen LogP contribution in [0.25, 0.3) is 0 Å². The maximum absolute atomic E-state index is 12.5. The number of sulfonamides is 1. The Morgan fingerprint density at radius 3 is 2.41 bits per heavy atom. The van der Waals surface area contributed by atoms with Gasteiger partial charge >= 0.3 is 5.97 Å². The zero-order chi connectivity index (χ0) is 25.0. The highest BCUT2D eigenvalue weighted by molar-refractivity contribution is 7.89. The van der Waals surface area contributed by atoms with E-state index in [1.807, 2.05) is 0 Å². The third-order valence-electron chi connectivity index (χ3n) is 4.50. The molecule has 0 saturated carbocycles. The van der Waals surface area contributed by atoms with Crippen molar-refractivity contribution in [1.82, 2.24) is 10.0 Å². The molecule has 0 heterocycles. The number of esters is 1. The van der Waals surface area contributed by atoms with E-state index in [9.17, 15) is 18.0 Å². The summed E-state index contributed by atoms with van der Waals surface area (Å²) in [6.45, 7) is 1.65. The van der Waals surface area contributed by atoms with E-state index in [0.717, 1.165) is 0 Å². The number of ether oxygens (including phenoxy) is 2. The Labute approximate surface area is 198 Å². The Morgan fingerprint density at radius 1 is 1.12 bits per heavy atom. The van der Waals surface area contributed by atoms with Gasteiger partial charge in [-0.3, -0.25) is 9.59 Å². The molecule has 0 radical (unpaired) electrons. The summed E-state index contributed by atoms with van der Waals surface area (Å²) in [6.07, 6.45) is 0.483.